The van der Waals surface area contributed by atoms with Crippen LogP contribution < -0.4 is 9.47 Å². The summed E-state index contributed by atoms with van der Waals surface area (Å²) in [6, 6.07) is 14.8. The van der Waals surface area contributed by atoms with E-state index < -0.39 is 4.83 Å². The Labute approximate surface area is 224 Å². The van der Waals surface area contributed by atoms with Crippen LogP contribution in [0.5, 0.6) is 11.5 Å². The molecule has 10 heteroatoms. The molecule has 2 aromatic carbocycles. The first-order valence-electron chi connectivity index (χ1n) is 10.4. The first kappa shape index (κ1) is 34.8. The second-order valence-electron chi connectivity index (χ2n) is 7.30. The third-order valence-electron chi connectivity index (χ3n) is 3.82. The van der Waals surface area contributed by atoms with Gasteiger partial charge in [0.25, 0.3) is 0 Å². The standard InChI is InChI=1S/C12H15BrO3.C12H16O3.CH4.BHNS/c1-8(2)16-10-6-4-9(5-7-10)11(13)12(14)15-3;1-9(2)15-11-6-4-10(5-7-11)8-12(13)14-3;;1-2-3/h4-8,11H,1-3H3;4-7,9H,8H2,1-3H3;1H4;3H. The number of rotatable bonds is 8. The number of carbonyl (C=O) groups excluding carboxylic acids is 2. The van der Waals surface area contributed by atoms with Crippen molar-refractivity contribution in [1.82, 2.24) is 0 Å². The van der Waals surface area contributed by atoms with Crippen LogP contribution in [-0.2, 0) is 25.5 Å². The van der Waals surface area contributed by atoms with Gasteiger partial charge in [0.2, 0.25) is 0 Å². The summed E-state index contributed by atoms with van der Waals surface area (Å²) in [6.07, 6.45) is 0.612. The number of alkyl halides is 1. The molecule has 0 heterocycles. The molecular formula is C25H36BBrNO6S. The quantitative estimate of drug-likeness (QED) is 0.179. The molecular weight excluding hydrogens is 533 g/mol. The number of methoxy groups -OCH3 is 2. The molecule has 7 nitrogen and oxygen atoms in total. The fraction of sp³-hybridized carbons (Fsp3) is 0.440. The minimum absolute atomic E-state index is 0. The van der Waals surface area contributed by atoms with Crippen molar-refractivity contribution in [2.24, 2.45) is 4.30 Å². The van der Waals surface area contributed by atoms with Crippen LogP contribution in [0, 0.1) is 0 Å². The van der Waals surface area contributed by atoms with Crippen molar-refractivity contribution >= 4 is 48.3 Å². The van der Waals surface area contributed by atoms with Crippen LogP contribution in [0.1, 0.15) is 51.1 Å². The van der Waals surface area contributed by atoms with E-state index in [-0.39, 0.29) is 31.6 Å². The Bertz CT molecular complexity index is 863. The van der Waals surface area contributed by atoms with E-state index >= 15 is 0 Å². The maximum atomic E-state index is 11.3. The molecule has 193 valence electrons. The number of benzene rings is 2. The zero-order chi connectivity index (χ0) is 26.1. The van der Waals surface area contributed by atoms with Crippen LogP contribution in [0.4, 0.5) is 0 Å². The Balaban J connectivity index is 0. The van der Waals surface area contributed by atoms with E-state index in [1.165, 1.54) is 14.2 Å². The molecule has 2 aromatic rings. The van der Waals surface area contributed by atoms with Gasteiger partial charge in [-0.25, -0.2) is 0 Å². The summed E-state index contributed by atoms with van der Waals surface area (Å²) in [5.41, 5.74) is 1.78. The second-order valence-corrected chi connectivity index (χ2v) is 8.45. The molecule has 0 fully saturated rings. The molecule has 1 atom stereocenters. The zero-order valence-electron chi connectivity index (χ0n) is 20.4. The fourth-order valence-electron chi connectivity index (χ4n) is 2.42. The number of ether oxygens (including phenoxy) is 4. The topological polar surface area (TPSA) is 83.4 Å². The molecule has 0 saturated heterocycles. The van der Waals surface area contributed by atoms with E-state index in [0.29, 0.717) is 6.42 Å². The Hall–Kier alpha value is -2.33. The SMILES string of the molecule is C.COC(=O)C(Br)c1ccc(OC(C)C)cc1.COC(=O)Cc1ccc(OC(C)C)cc1.[B]=NS. The molecule has 0 amide bonds. The van der Waals surface area contributed by atoms with Gasteiger partial charge < -0.3 is 18.9 Å². The maximum absolute atomic E-state index is 11.3. The molecule has 0 aliphatic heterocycles. The van der Waals surface area contributed by atoms with Gasteiger partial charge in [-0.1, -0.05) is 47.6 Å². The van der Waals surface area contributed by atoms with Gasteiger partial charge in [-0.2, -0.15) is 0 Å². The van der Waals surface area contributed by atoms with Crippen LogP contribution in [0.2, 0.25) is 0 Å². The van der Waals surface area contributed by atoms with Gasteiger partial charge in [0.1, 0.15) is 16.3 Å². The first-order chi connectivity index (χ1) is 16.1. The van der Waals surface area contributed by atoms with Crippen molar-refractivity contribution in [3.63, 3.8) is 0 Å². The number of esters is 2. The van der Waals surface area contributed by atoms with Crippen molar-refractivity contribution in [3.8, 4) is 11.5 Å². The van der Waals surface area contributed by atoms with E-state index in [1.807, 2.05) is 76.2 Å². The molecule has 1 unspecified atom stereocenters. The van der Waals surface area contributed by atoms with Crippen LogP contribution in [-0.4, -0.2) is 46.0 Å². The second kappa shape index (κ2) is 19.9. The number of nitrogens with zero attached hydrogens (tertiary/aromatic N) is 1. The van der Waals surface area contributed by atoms with Crippen LogP contribution >= 0.6 is 28.7 Å². The van der Waals surface area contributed by atoms with Gasteiger partial charge in [-0.05, 0) is 63.1 Å². The number of thiol groups is 1. The van der Waals surface area contributed by atoms with E-state index in [1.54, 1.807) is 0 Å². The van der Waals surface area contributed by atoms with E-state index in [9.17, 15) is 9.59 Å². The van der Waals surface area contributed by atoms with Gasteiger partial charge in [-0.15, -0.1) is 0 Å². The Morgan fingerprint density at radius 3 is 1.63 bits per heavy atom. The summed E-state index contributed by atoms with van der Waals surface area (Å²) in [4.78, 5) is 21.8. The van der Waals surface area contributed by atoms with E-state index in [2.05, 4.69) is 50.2 Å². The molecule has 2 rings (SSSR count). The van der Waals surface area contributed by atoms with Gasteiger partial charge in [0, 0.05) is 0 Å². The van der Waals surface area contributed by atoms with E-state index in [0.717, 1.165) is 22.6 Å². The first-order valence-corrected chi connectivity index (χ1v) is 11.7. The minimum atomic E-state index is -0.425. The normalized spacial score (nSPS) is 10.3. The number of carbonyl (C=O) groups is 2. The molecule has 0 aliphatic carbocycles. The average Bonchev–Trinajstić information content (AvgIpc) is 2.80. The van der Waals surface area contributed by atoms with Crippen molar-refractivity contribution in [1.29, 1.82) is 0 Å². The third kappa shape index (κ3) is 16.1. The Kier molecular flexibility index (Phi) is 19.8. The predicted octanol–water partition coefficient (Wildman–Crippen LogP) is 6.09. The van der Waals surface area contributed by atoms with Gasteiger partial charge >= 0.3 is 36.7 Å². The van der Waals surface area contributed by atoms with Crippen LogP contribution in [0.25, 0.3) is 0 Å². The predicted molar refractivity (Wildman–Crippen MR) is 148 cm³/mol. The molecule has 35 heavy (non-hydrogen) atoms. The molecule has 0 aromatic heterocycles. The Morgan fingerprint density at radius 2 is 1.29 bits per heavy atom. The summed E-state index contributed by atoms with van der Waals surface area (Å²) in [5.74, 6) is 1.08. The average molecular weight is 569 g/mol. The van der Waals surface area contributed by atoms with Crippen LogP contribution in [0.15, 0.2) is 52.8 Å². The molecule has 0 spiro atoms. The summed E-state index contributed by atoms with van der Waals surface area (Å²) >= 11 is 6.46. The summed E-state index contributed by atoms with van der Waals surface area (Å²) < 4.78 is 22.9. The zero-order valence-corrected chi connectivity index (χ0v) is 22.8. The molecule has 0 bridgehead atoms. The Morgan fingerprint density at radius 1 is 0.886 bits per heavy atom. The molecule has 0 aliphatic rings. The summed E-state index contributed by atoms with van der Waals surface area (Å²) in [7, 11) is 7.09. The fourth-order valence-corrected chi connectivity index (χ4v) is 2.92. The van der Waals surface area contributed by atoms with Crippen molar-refractivity contribution < 1.29 is 28.5 Å². The third-order valence-corrected chi connectivity index (χ3v) is 4.73. The molecule has 1 radical (unpaired) electrons. The van der Waals surface area contributed by atoms with Gasteiger partial charge in [0.15, 0.2) is 0 Å². The molecule has 0 saturated carbocycles. The number of hydrogen-bond donors (Lipinski definition) is 1. The van der Waals surface area contributed by atoms with Crippen molar-refractivity contribution in [2.75, 3.05) is 14.2 Å². The summed E-state index contributed by atoms with van der Waals surface area (Å²) in [6.45, 7) is 7.88. The van der Waals surface area contributed by atoms with Gasteiger partial charge in [0.05, 0.1) is 32.8 Å². The van der Waals surface area contributed by atoms with E-state index in [4.69, 9.17) is 9.47 Å². The van der Waals surface area contributed by atoms with Crippen molar-refractivity contribution in [2.45, 2.75) is 58.6 Å². The van der Waals surface area contributed by atoms with Crippen LogP contribution in [0.3, 0.4) is 0 Å². The molecule has 0 N–H and O–H groups in total. The summed E-state index contributed by atoms with van der Waals surface area (Å²) in [5, 5.41) is 0. The van der Waals surface area contributed by atoms with Crippen molar-refractivity contribution in [3.05, 3.63) is 59.7 Å². The number of hydrogen-bond acceptors (Lipinski definition) is 8. The van der Waals surface area contributed by atoms with Gasteiger partial charge in [-0.3, -0.25) is 9.59 Å². The number of halogens is 1. The monoisotopic (exact) mass is 568 g/mol.